The fourth-order valence-electron chi connectivity index (χ4n) is 8.54. The van der Waals surface area contributed by atoms with Crippen molar-refractivity contribution in [3.8, 4) is 0 Å². The minimum absolute atomic E-state index is 0.00258. The number of aromatic nitrogens is 1. The molecule has 8 nitrogen and oxygen atoms in total. The predicted octanol–water partition coefficient (Wildman–Crippen LogP) is 6.53. The molecule has 0 radical (unpaired) electrons. The highest BCUT2D eigenvalue weighted by Gasteiger charge is 2.59. The van der Waals surface area contributed by atoms with Gasteiger partial charge in [0.1, 0.15) is 5.69 Å². The molecule has 4 aliphatic carbocycles. The first-order valence-corrected chi connectivity index (χ1v) is 18.0. The van der Waals surface area contributed by atoms with Crippen molar-refractivity contribution in [3.05, 3.63) is 99.8 Å². The standard InChI is InChI=1S/C22H24ClN3O2.C16H21ClN2O/c1-2-18(26-21(27)13-6-8-14(23)9-7-13)20-16-11-15(12-17(16)20)25-22(28)19-5-3-4-10-24-19;1-2-14(15-12-7-11(18)8-13(12)15)19-16(20)9-3-5-10(17)6-4-9/h3-10,15-18,20H,2,11-12H2,1H3,(H,25,28)(H,26,27);3-6,11-15H,2,7-8,18H2,1H3,(H,19,20)/t15?,16-,17+,18?,20?;11?,12-,13+,14?,15?. The molecule has 10 heteroatoms. The molecule has 1 heterocycles. The van der Waals surface area contributed by atoms with E-state index in [1.165, 1.54) is 0 Å². The fraction of sp³-hybridized carbons (Fsp3) is 0.474. The van der Waals surface area contributed by atoms with Crippen molar-refractivity contribution in [1.29, 1.82) is 0 Å². The van der Waals surface area contributed by atoms with E-state index in [9.17, 15) is 14.4 Å². The minimum atomic E-state index is -0.105. The summed E-state index contributed by atoms with van der Waals surface area (Å²) in [4.78, 5) is 41.2. The van der Waals surface area contributed by atoms with E-state index < -0.39 is 0 Å². The molecule has 10 atom stereocenters. The van der Waals surface area contributed by atoms with Crippen molar-refractivity contribution in [2.75, 3.05) is 0 Å². The summed E-state index contributed by atoms with van der Waals surface area (Å²) in [7, 11) is 0. The van der Waals surface area contributed by atoms with Gasteiger partial charge in [0.2, 0.25) is 0 Å². The summed E-state index contributed by atoms with van der Waals surface area (Å²) in [5, 5.41) is 10.8. The van der Waals surface area contributed by atoms with Gasteiger partial charge in [-0.15, -0.1) is 0 Å². The van der Waals surface area contributed by atoms with Crippen LogP contribution in [0, 0.1) is 35.5 Å². The lowest BCUT2D eigenvalue weighted by Crippen LogP contribution is -2.39. The van der Waals surface area contributed by atoms with Gasteiger partial charge in [0.25, 0.3) is 17.7 Å². The van der Waals surface area contributed by atoms with Crippen LogP contribution in [0.15, 0.2) is 72.9 Å². The topological polar surface area (TPSA) is 126 Å². The van der Waals surface area contributed by atoms with Crippen molar-refractivity contribution in [2.45, 2.75) is 76.5 Å². The van der Waals surface area contributed by atoms with Crippen LogP contribution in [-0.2, 0) is 0 Å². The number of nitrogens with two attached hydrogens (primary N) is 1. The molecule has 48 heavy (non-hydrogen) atoms. The number of nitrogens with one attached hydrogen (secondary N) is 3. The second-order valence-electron chi connectivity index (χ2n) is 13.9. The predicted molar refractivity (Wildman–Crippen MR) is 189 cm³/mol. The van der Waals surface area contributed by atoms with Gasteiger partial charge in [0, 0.05) is 51.5 Å². The fourth-order valence-corrected chi connectivity index (χ4v) is 8.79. The third-order valence-corrected chi connectivity index (χ3v) is 11.5. The lowest BCUT2D eigenvalue weighted by molar-refractivity contribution is 0.0915. The number of carbonyl (C=O) groups excluding carboxylic acids is 3. The third-order valence-electron chi connectivity index (χ3n) is 10.9. The maximum atomic E-state index is 12.5. The number of hydrogen-bond acceptors (Lipinski definition) is 5. The molecule has 3 amide bonds. The van der Waals surface area contributed by atoms with Crippen molar-refractivity contribution in [2.24, 2.45) is 41.2 Å². The Hall–Kier alpha value is -3.46. The van der Waals surface area contributed by atoms with Crippen LogP contribution in [0.25, 0.3) is 0 Å². The smallest absolute Gasteiger partial charge is 0.270 e. The average Bonchev–Trinajstić information content (AvgIpc) is 3.81. The van der Waals surface area contributed by atoms with E-state index in [0.717, 1.165) is 50.4 Å². The van der Waals surface area contributed by atoms with Gasteiger partial charge < -0.3 is 21.7 Å². The highest BCUT2D eigenvalue weighted by molar-refractivity contribution is 6.31. The third kappa shape index (κ3) is 7.88. The number of amides is 3. The Morgan fingerprint density at radius 1 is 0.708 bits per heavy atom. The first-order chi connectivity index (χ1) is 23.2. The van der Waals surface area contributed by atoms with Crippen molar-refractivity contribution in [3.63, 3.8) is 0 Å². The molecule has 0 spiro atoms. The number of benzene rings is 2. The van der Waals surface area contributed by atoms with Gasteiger partial charge in [-0.1, -0.05) is 43.1 Å². The molecule has 0 aliphatic heterocycles. The molecule has 2 aromatic carbocycles. The summed E-state index contributed by atoms with van der Waals surface area (Å²) < 4.78 is 0. The van der Waals surface area contributed by atoms with Crippen molar-refractivity contribution < 1.29 is 14.4 Å². The normalized spacial score (nSPS) is 28.9. The number of nitrogens with zero attached hydrogens (tertiary/aromatic N) is 1. The second kappa shape index (κ2) is 15.0. The van der Waals surface area contributed by atoms with E-state index in [0.29, 0.717) is 56.6 Å². The molecule has 4 fully saturated rings. The van der Waals surface area contributed by atoms with Gasteiger partial charge in [-0.05, 0) is 135 Å². The number of halogens is 2. The van der Waals surface area contributed by atoms with Crippen LogP contribution in [0.3, 0.4) is 0 Å². The molecule has 4 saturated carbocycles. The Bertz CT molecular complexity index is 1560. The minimum Gasteiger partial charge on any atom is -0.349 e. The van der Waals surface area contributed by atoms with Gasteiger partial charge in [0.15, 0.2) is 0 Å². The second-order valence-corrected chi connectivity index (χ2v) is 14.8. The Morgan fingerprint density at radius 3 is 1.58 bits per heavy atom. The highest BCUT2D eigenvalue weighted by Crippen LogP contribution is 2.60. The molecule has 1 aromatic heterocycles. The van der Waals surface area contributed by atoms with E-state index in [1.807, 2.05) is 6.07 Å². The molecule has 3 aromatic rings. The zero-order chi connectivity index (χ0) is 33.9. The summed E-state index contributed by atoms with van der Waals surface area (Å²) in [6.45, 7) is 4.25. The maximum Gasteiger partial charge on any atom is 0.270 e. The van der Waals surface area contributed by atoms with E-state index in [2.05, 4.69) is 34.8 Å². The number of carbonyl (C=O) groups is 3. The van der Waals surface area contributed by atoms with Crippen LogP contribution in [0.2, 0.25) is 10.0 Å². The Kier molecular flexibility index (Phi) is 10.7. The van der Waals surface area contributed by atoms with Crippen LogP contribution in [-0.4, -0.2) is 46.9 Å². The summed E-state index contributed by atoms with van der Waals surface area (Å²) in [5.41, 5.74) is 7.74. The van der Waals surface area contributed by atoms with Gasteiger partial charge in [-0.25, -0.2) is 0 Å². The van der Waals surface area contributed by atoms with Gasteiger partial charge in [-0.3, -0.25) is 19.4 Å². The zero-order valence-corrected chi connectivity index (χ0v) is 29.0. The quantitative estimate of drug-likeness (QED) is 0.193. The van der Waals surface area contributed by atoms with Crippen molar-refractivity contribution >= 4 is 40.9 Å². The van der Waals surface area contributed by atoms with Gasteiger partial charge in [0.05, 0.1) is 0 Å². The van der Waals surface area contributed by atoms with E-state index in [4.69, 9.17) is 28.9 Å². The van der Waals surface area contributed by atoms with Crippen LogP contribution in [0.5, 0.6) is 0 Å². The number of rotatable bonds is 10. The van der Waals surface area contributed by atoms with E-state index in [1.54, 1.807) is 66.9 Å². The summed E-state index contributed by atoms with van der Waals surface area (Å²) in [6, 6.07) is 20.4. The largest absolute Gasteiger partial charge is 0.349 e. The summed E-state index contributed by atoms with van der Waals surface area (Å²) >= 11 is 11.7. The molecule has 6 unspecified atom stereocenters. The van der Waals surface area contributed by atoms with Crippen LogP contribution >= 0.6 is 23.2 Å². The molecular formula is C38H45Cl2N5O3. The molecule has 5 N–H and O–H groups in total. The average molecular weight is 691 g/mol. The first kappa shape index (κ1) is 34.4. The molecule has 0 saturated heterocycles. The lowest BCUT2D eigenvalue weighted by Gasteiger charge is -2.22. The van der Waals surface area contributed by atoms with Crippen LogP contribution in [0.1, 0.15) is 83.6 Å². The summed E-state index contributed by atoms with van der Waals surface area (Å²) in [6.07, 6.45) is 7.72. The Labute approximate surface area is 292 Å². The van der Waals surface area contributed by atoms with Crippen LogP contribution < -0.4 is 21.7 Å². The zero-order valence-electron chi connectivity index (χ0n) is 27.4. The number of pyridine rings is 1. The Morgan fingerprint density at radius 2 is 1.17 bits per heavy atom. The van der Waals surface area contributed by atoms with E-state index in [-0.39, 0.29) is 35.8 Å². The van der Waals surface area contributed by atoms with Gasteiger partial charge >= 0.3 is 0 Å². The van der Waals surface area contributed by atoms with Crippen molar-refractivity contribution in [1.82, 2.24) is 20.9 Å². The SMILES string of the molecule is CCC(NC(=O)c1ccc(Cl)cc1)C1[C@H]2CC(N)C[C@@H]12.CCC(NC(=O)c1ccc(Cl)cc1)C1[C@H]2CC(NC(=O)c3ccccn3)C[C@@H]12. The monoisotopic (exact) mass is 689 g/mol. The maximum absolute atomic E-state index is 12.5. The first-order valence-electron chi connectivity index (χ1n) is 17.3. The molecule has 7 rings (SSSR count). The van der Waals surface area contributed by atoms with Crippen LogP contribution in [0.4, 0.5) is 0 Å². The van der Waals surface area contributed by atoms with E-state index >= 15 is 0 Å². The summed E-state index contributed by atoms with van der Waals surface area (Å²) in [5.74, 6) is 3.61. The molecule has 254 valence electrons. The molecule has 0 bridgehead atoms. The molecular weight excluding hydrogens is 645 g/mol. The number of fused-ring (bicyclic) bond motifs is 2. The highest BCUT2D eigenvalue weighted by atomic mass is 35.5. The number of hydrogen-bond donors (Lipinski definition) is 4. The Balaban J connectivity index is 0.000000177. The van der Waals surface area contributed by atoms with Gasteiger partial charge in [-0.2, -0.15) is 0 Å². The lowest BCUT2D eigenvalue weighted by atomic mass is 9.99. The molecule has 4 aliphatic rings.